The fraction of sp³-hybridized carbons (Fsp3) is 0.259. The van der Waals surface area contributed by atoms with Crippen LogP contribution in [0.2, 0.25) is 0 Å². The Kier molecular flexibility index (Phi) is 5.01. The highest BCUT2D eigenvalue weighted by Crippen LogP contribution is 2.43. The minimum Gasteiger partial charge on any atom is -0.361 e. The summed E-state index contributed by atoms with van der Waals surface area (Å²) in [6.07, 6.45) is 5.60. The van der Waals surface area contributed by atoms with E-state index in [1.807, 2.05) is 35.4 Å². The minimum atomic E-state index is -0.555. The Bertz CT molecular complexity index is 1450. The number of nitrogens with zero attached hydrogens (tertiary/aromatic N) is 2. The number of fused-ring (bicyclic) bond motifs is 3. The third kappa shape index (κ3) is 3.42. The van der Waals surface area contributed by atoms with Crippen molar-refractivity contribution in [2.24, 2.45) is 5.73 Å². The highest BCUT2D eigenvalue weighted by Gasteiger charge is 2.43. The molecule has 2 unspecified atom stereocenters. The van der Waals surface area contributed by atoms with Crippen molar-refractivity contribution in [1.82, 2.24) is 9.88 Å². The molecule has 2 aliphatic heterocycles. The van der Waals surface area contributed by atoms with Gasteiger partial charge in [-0.25, -0.2) is 9.24 Å². The van der Waals surface area contributed by atoms with Gasteiger partial charge in [-0.05, 0) is 66.5 Å². The molecule has 2 fully saturated rings. The predicted molar refractivity (Wildman–Crippen MR) is 133 cm³/mol. The summed E-state index contributed by atoms with van der Waals surface area (Å²) in [6, 6.07) is 15.2. The van der Waals surface area contributed by atoms with Crippen LogP contribution in [-0.2, 0) is 0 Å². The van der Waals surface area contributed by atoms with Gasteiger partial charge in [0, 0.05) is 40.3 Å². The van der Waals surface area contributed by atoms with Crippen molar-refractivity contribution in [3.63, 3.8) is 0 Å². The van der Waals surface area contributed by atoms with Gasteiger partial charge in [-0.2, -0.15) is 0 Å². The Hall–Kier alpha value is -3.47. The van der Waals surface area contributed by atoms with Gasteiger partial charge in [-0.15, -0.1) is 11.3 Å². The molecule has 2 aromatic heterocycles. The molecule has 6 rings (SSSR count). The van der Waals surface area contributed by atoms with Crippen LogP contribution in [0.3, 0.4) is 0 Å². The second-order valence-electron chi connectivity index (χ2n) is 9.24. The van der Waals surface area contributed by atoms with Gasteiger partial charge in [0.25, 0.3) is 5.91 Å². The van der Waals surface area contributed by atoms with Crippen LogP contribution in [0.15, 0.2) is 54.7 Å². The van der Waals surface area contributed by atoms with Gasteiger partial charge < -0.3 is 15.6 Å². The number of aromatic amines is 1. The second kappa shape index (κ2) is 8.08. The third-order valence-electron chi connectivity index (χ3n) is 7.14. The van der Waals surface area contributed by atoms with Gasteiger partial charge in [0.1, 0.15) is 5.82 Å². The van der Waals surface area contributed by atoms with E-state index in [0.717, 1.165) is 52.6 Å². The zero-order valence-corrected chi connectivity index (χ0v) is 19.2. The van der Waals surface area contributed by atoms with Crippen LogP contribution in [0.1, 0.15) is 35.4 Å². The van der Waals surface area contributed by atoms with E-state index in [9.17, 15) is 9.18 Å². The molecule has 0 saturated carbocycles. The number of nitrogens with one attached hydrogen (secondary N) is 1. The van der Waals surface area contributed by atoms with Gasteiger partial charge in [-0.1, -0.05) is 24.3 Å². The van der Waals surface area contributed by atoms with E-state index >= 15 is 0 Å². The lowest BCUT2D eigenvalue weighted by molar-refractivity contribution is 0.0580. The normalized spacial score (nSPS) is 21.7. The number of thiophene rings is 1. The molecular formula is C27H23FN4OS. The summed E-state index contributed by atoms with van der Waals surface area (Å²) in [5.41, 5.74) is 9.63. The fourth-order valence-corrected chi connectivity index (χ4v) is 6.68. The number of rotatable bonds is 3. The number of benzene rings is 2. The molecular weight excluding hydrogens is 447 g/mol. The Balaban J connectivity index is 1.46. The molecule has 170 valence electrons. The molecule has 4 heterocycles. The van der Waals surface area contributed by atoms with Crippen LogP contribution in [0, 0.1) is 12.4 Å². The summed E-state index contributed by atoms with van der Waals surface area (Å²) >= 11 is 1.45. The van der Waals surface area contributed by atoms with Crippen LogP contribution in [0.25, 0.3) is 37.3 Å². The Morgan fingerprint density at radius 1 is 1.09 bits per heavy atom. The molecule has 5 nitrogen and oxygen atoms in total. The summed E-state index contributed by atoms with van der Waals surface area (Å²) in [7, 11) is 0. The van der Waals surface area contributed by atoms with E-state index in [4.69, 9.17) is 12.3 Å². The number of halogens is 1. The summed E-state index contributed by atoms with van der Waals surface area (Å²) < 4.78 is 14.5. The summed E-state index contributed by atoms with van der Waals surface area (Å²) in [5.74, 6) is -0.517. The summed E-state index contributed by atoms with van der Waals surface area (Å²) in [6.45, 7) is 7.15. The van der Waals surface area contributed by atoms with E-state index in [1.54, 1.807) is 6.07 Å². The number of carbonyl (C=O) groups excluding carboxylic acids is 1. The highest BCUT2D eigenvalue weighted by atomic mass is 32.1. The van der Waals surface area contributed by atoms with Gasteiger partial charge in [0.2, 0.25) is 5.69 Å². The molecule has 2 aliphatic rings. The van der Waals surface area contributed by atoms with E-state index in [-0.39, 0.29) is 29.7 Å². The number of nitrogens with two attached hydrogens (primary N) is 1. The first kappa shape index (κ1) is 21.1. The van der Waals surface area contributed by atoms with Crippen molar-refractivity contribution in [2.75, 3.05) is 0 Å². The molecule has 2 aromatic carbocycles. The van der Waals surface area contributed by atoms with Crippen LogP contribution in [-0.4, -0.2) is 33.9 Å². The monoisotopic (exact) mass is 470 g/mol. The maximum atomic E-state index is 14.5. The number of aromatic nitrogens is 1. The first-order valence-electron chi connectivity index (χ1n) is 11.5. The van der Waals surface area contributed by atoms with Crippen molar-refractivity contribution >= 4 is 33.8 Å². The smallest absolute Gasteiger partial charge is 0.264 e. The van der Waals surface area contributed by atoms with Crippen molar-refractivity contribution in [3.05, 3.63) is 76.8 Å². The zero-order chi connectivity index (χ0) is 23.4. The lowest BCUT2D eigenvalue weighted by Crippen LogP contribution is -2.49. The van der Waals surface area contributed by atoms with Crippen molar-refractivity contribution < 1.29 is 9.18 Å². The van der Waals surface area contributed by atoms with Crippen LogP contribution in [0.5, 0.6) is 0 Å². The van der Waals surface area contributed by atoms with Crippen molar-refractivity contribution in [1.29, 1.82) is 0 Å². The quantitative estimate of drug-likeness (QED) is 0.343. The number of H-pyrrole nitrogens is 1. The fourth-order valence-electron chi connectivity index (χ4n) is 5.56. The average molecular weight is 471 g/mol. The molecule has 2 saturated heterocycles. The SMILES string of the molecule is [C-]#[N+]c1ccc(-c2cc(C(=O)N3C4CCC3CC(N)C4)sc2-c2ccc3cc[nH]c3c2)cc1F. The maximum absolute atomic E-state index is 14.5. The second-order valence-corrected chi connectivity index (χ2v) is 10.3. The molecule has 0 radical (unpaired) electrons. The molecule has 1 amide bonds. The Morgan fingerprint density at radius 3 is 2.59 bits per heavy atom. The Morgan fingerprint density at radius 2 is 1.85 bits per heavy atom. The zero-order valence-electron chi connectivity index (χ0n) is 18.4. The van der Waals surface area contributed by atoms with E-state index in [2.05, 4.69) is 15.9 Å². The van der Waals surface area contributed by atoms with E-state index in [0.29, 0.717) is 10.4 Å². The van der Waals surface area contributed by atoms with Crippen molar-refractivity contribution in [2.45, 2.75) is 43.8 Å². The van der Waals surface area contributed by atoms with Crippen LogP contribution in [0.4, 0.5) is 10.1 Å². The molecule has 0 spiro atoms. The third-order valence-corrected chi connectivity index (χ3v) is 8.32. The maximum Gasteiger partial charge on any atom is 0.264 e. The predicted octanol–water partition coefficient (Wildman–Crippen LogP) is 6.35. The molecule has 34 heavy (non-hydrogen) atoms. The van der Waals surface area contributed by atoms with Gasteiger partial charge in [-0.3, -0.25) is 4.79 Å². The van der Waals surface area contributed by atoms with Crippen LogP contribution >= 0.6 is 11.3 Å². The highest BCUT2D eigenvalue weighted by molar-refractivity contribution is 7.18. The first-order valence-corrected chi connectivity index (χ1v) is 12.3. The standard InChI is InChI=1S/C27H23FN4OS/c1-30-23-7-4-16(10-22(23)28)21-14-25(27(33)32-19-5-6-20(32)13-18(29)12-19)34-26(21)17-3-2-15-8-9-31-24(15)11-17/h2-4,7-11,14,18-20,31H,5-6,12-13,29H2. The number of hydrogen-bond acceptors (Lipinski definition) is 3. The summed E-state index contributed by atoms with van der Waals surface area (Å²) in [5, 5.41) is 1.10. The topological polar surface area (TPSA) is 66.5 Å². The van der Waals surface area contributed by atoms with Gasteiger partial charge in [0.05, 0.1) is 11.4 Å². The largest absolute Gasteiger partial charge is 0.361 e. The number of hydrogen-bond donors (Lipinski definition) is 2. The summed E-state index contributed by atoms with van der Waals surface area (Å²) in [4.78, 5) is 23.8. The van der Waals surface area contributed by atoms with Gasteiger partial charge >= 0.3 is 0 Å². The lowest BCUT2D eigenvalue weighted by Gasteiger charge is -2.37. The molecule has 2 atom stereocenters. The van der Waals surface area contributed by atoms with Crippen LogP contribution < -0.4 is 5.73 Å². The molecule has 4 aromatic rings. The minimum absolute atomic E-state index is 0.00846. The molecule has 3 N–H and O–H groups in total. The van der Waals surface area contributed by atoms with E-state index < -0.39 is 5.82 Å². The molecule has 7 heteroatoms. The Labute approximate surface area is 200 Å². The number of piperidine rings is 1. The first-order chi connectivity index (χ1) is 16.5. The number of carbonyl (C=O) groups is 1. The van der Waals surface area contributed by atoms with E-state index in [1.165, 1.54) is 23.5 Å². The van der Waals surface area contributed by atoms with Crippen molar-refractivity contribution in [3.8, 4) is 21.6 Å². The van der Waals surface area contributed by atoms with Gasteiger partial charge in [0.15, 0.2) is 0 Å². The molecule has 2 bridgehead atoms. The number of amides is 1. The average Bonchev–Trinajstić information content (AvgIpc) is 3.54. The molecule has 0 aliphatic carbocycles. The lowest BCUT2D eigenvalue weighted by atomic mass is 9.97.